The molecule has 0 aliphatic heterocycles. The lowest BCUT2D eigenvalue weighted by Gasteiger charge is -2.10. The van der Waals surface area contributed by atoms with Crippen LogP contribution in [0.2, 0.25) is 5.02 Å². The third-order valence-electron chi connectivity index (χ3n) is 4.50. The molecular formula is C24H17ClO6. The molecule has 4 rings (SSSR count). The number of carbonyl (C=O) groups is 1. The Morgan fingerprint density at radius 1 is 0.968 bits per heavy atom. The number of hydrogen-bond donors (Lipinski definition) is 0. The molecule has 4 aromatic rings. The fourth-order valence-electron chi connectivity index (χ4n) is 2.98. The second kappa shape index (κ2) is 8.93. The summed E-state index contributed by atoms with van der Waals surface area (Å²) >= 11 is 5.85. The van der Waals surface area contributed by atoms with Crippen LogP contribution < -0.4 is 19.6 Å². The Kier molecular flexibility index (Phi) is 5.91. The van der Waals surface area contributed by atoms with Crippen molar-refractivity contribution in [2.45, 2.75) is 6.42 Å². The van der Waals surface area contributed by atoms with Gasteiger partial charge in [0.2, 0.25) is 11.2 Å². The first-order valence-electron chi connectivity index (χ1n) is 9.35. The van der Waals surface area contributed by atoms with Crippen molar-refractivity contribution >= 4 is 28.5 Å². The molecule has 0 amide bonds. The molecule has 0 unspecified atom stereocenters. The summed E-state index contributed by atoms with van der Waals surface area (Å²) in [7, 11) is 1.51. The summed E-state index contributed by atoms with van der Waals surface area (Å²) in [6, 6.07) is 18.5. The van der Waals surface area contributed by atoms with E-state index in [1.807, 2.05) is 0 Å². The van der Waals surface area contributed by atoms with Gasteiger partial charge in [0.25, 0.3) is 0 Å². The average molecular weight is 437 g/mol. The Hall–Kier alpha value is -3.77. The van der Waals surface area contributed by atoms with Crippen LogP contribution in [-0.2, 0) is 11.2 Å². The Labute approximate surface area is 182 Å². The first kappa shape index (κ1) is 20.5. The highest BCUT2D eigenvalue weighted by atomic mass is 35.5. The topological polar surface area (TPSA) is 75.0 Å². The van der Waals surface area contributed by atoms with E-state index in [1.54, 1.807) is 48.5 Å². The van der Waals surface area contributed by atoms with Crippen LogP contribution in [0, 0.1) is 0 Å². The average Bonchev–Trinajstić information content (AvgIpc) is 2.77. The molecule has 0 radical (unpaired) electrons. The number of fused-ring (bicyclic) bond motifs is 1. The van der Waals surface area contributed by atoms with Gasteiger partial charge in [-0.25, -0.2) is 0 Å². The minimum absolute atomic E-state index is 0.0180. The summed E-state index contributed by atoms with van der Waals surface area (Å²) in [6.07, 6.45) is 1.31. The van der Waals surface area contributed by atoms with Crippen molar-refractivity contribution in [3.05, 3.63) is 93.8 Å². The number of para-hydroxylation sites is 2. The standard InChI is InChI=1S/C24H17ClO6/c1-28-19-4-2-3-5-20(19)31-22-14-29-21-13-17(10-11-18(21)24(22)27)30-23(26)12-15-6-8-16(25)9-7-15/h2-11,13-14H,12H2,1H3. The normalized spacial score (nSPS) is 10.6. The van der Waals surface area contributed by atoms with E-state index in [0.717, 1.165) is 5.56 Å². The van der Waals surface area contributed by atoms with E-state index in [2.05, 4.69) is 0 Å². The van der Waals surface area contributed by atoms with Gasteiger partial charge in [-0.05, 0) is 42.0 Å². The number of rotatable bonds is 6. The molecule has 31 heavy (non-hydrogen) atoms. The zero-order valence-electron chi connectivity index (χ0n) is 16.5. The lowest BCUT2D eigenvalue weighted by molar-refractivity contribution is -0.133. The van der Waals surface area contributed by atoms with Crippen molar-refractivity contribution in [3.8, 4) is 23.0 Å². The summed E-state index contributed by atoms with van der Waals surface area (Å²) in [5, 5.41) is 0.889. The molecule has 0 N–H and O–H groups in total. The van der Waals surface area contributed by atoms with Crippen LogP contribution in [0.5, 0.6) is 23.0 Å². The van der Waals surface area contributed by atoms with Crippen LogP contribution in [0.15, 0.2) is 82.2 Å². The zero-order valence-corrected chi connectivity index (χ0v) is 17.2. The molecule has 0 aliphatic rings. The van der Waals surface area contributed by atoms with Gasteiger partial charge < -0.3 is 18.6 Å². The van der Waals surface area contributed by atoms with Crippen LogP contribution in [0.4, 0.5) is 0 Å². The van der Waals surface area contributed by atoms with E-state index < -0.39 is 5.97 Å². The maximum Gasteiger partial charge on any atom is 0.315 e. The smallest absolute Gasteiger partial charge is 0.315 e. The second-order valence-electron chi connectivity index (χ2n) is 6.62. The molecule has 0 fully saturated rings. The minimum Gasteiger partial charge on any atom is -0.493 e. The van der Waals surface area contributed by atoms with E-state index in [4.69, 9.17) is 30.2 Å². The highest BCUT2D eigenvalue weighted by molar-refractivity contribution is 6.30. The van der Waals surface area contributed by atoms with E-state index >= 15 is 0 Å². The molecule has 1 aromatic heterocycles. The van der Waals surface area contributed by atoms with Crippen LogP contribution in [-0.4, -0.2) is 13.1 Å². The Balaban J connectivity index is 1.53. The van der Waals surface area contributed by atoms with Crippen LogP contribution in [0.25, 0.3) is 11.0 Å². The maximum atomic E-state index is 12.8. The van der Waals surface area contributed by atoms with Crippen molar-refractivity contribution in [2.75, 3.05) is 7.11 Å². The number of ether oxygens (including phenoxy) is 3. The van der Waals surface area contributed by atoms with Gasteiger partial charge in [-0.3, -0.25) is 9.59 Å². The second-order valence-corrected chi connectivity index (χ2v) is 7.05. The van der Waals surface area contributed by atoms with Gasteiger partial charge in [0.05, 0.1) is 18.9 Å². The van der Waals surface area contributed by atoms with Gasteiger partial charge in [0.1, 0.15) is 17.6 Å². The molecule has 0 bridgehead atoms. The zero-order chi connectivity index (χ0) is 21.8. The molecule has 0 spiro atoms. The van der Waals surface area contributed by atoms with Gasteiger partial charge >= 0.3 is 5.97 Å². The monoisotopic (exact) mass is 436 g/mol. The third-order valence-corrected chi connectivity index (χ3v) is 4.75. The fourth-order valence-corrected chi connectivity index (χ4v) is 3.11. The first-order chi connectivity index (χ1) is 15.0. The SMILES string of the molecule is COc1ccccc1Oc1coc2cc(OC(=O)Cc3ccc(Cl)cc3)ccc2c1=O. The molecule has 6 nitrogen and oxygen atoms in total. The Morgan fingerprint density at radius 2 is 1.71 bits per heavy atom. The summed E-state index contributed by atoms with van der Waals surface area (Å²) in [5.74, 6) is 0.729. The number of halogens is 1. The first-order valence-corrected chi connectivity index (χ1v) is 9.73. The van der Waals surface area contributed by atoms with E-state index in [-0.39, 0.29) is 28.9 Å². The van der Waals surface area contributed by atoms with Crippen LogP contribution in [0.3, 0.4) is 0 Å². The highest BCUT2D eigenvalue weighted by Gasteiger charge is 2.14. The van der Waals surface area contributed by atoms with Gasteiger partial charge in [-0.1, -0.05) is 35.9 Å². The van der Waals surface area contributed by atoms with Crippen molar-refractivity contribution < 1.29 is 23.4 Å². The number of benzene rings is 3. The van der Waals surface area contributed by atoms with Crippen molar-refractivity contribution in [2.24, 2.45) is 0 Å². The Bertz CT molecular complexity index is 1290. The van der Waals surface area contributed by atoms with Gasteiger partial charge in [0.15, 0.2) is 11.5 Å². The molecule has 3 aromatic carbocycles. The molecule has 0 aliphatic carbocycles. The van der Waals surface area contributed by atoms with Crippen molar-refractivity contribution in [3.63, 3.8) is 0 Å². The molecule has 156 valence electrons. The predicted molar refractivity (Wildman–Crippen MR) is 116 cm³/mol. The lowest BCUT2D eigenvalue weighted by atomic mass is 10.1. The number of esters is 1. The molecule has 7 heteroatoms. The van der Waals surface area contributed by atoms with E-state index in [1.165, 1.54) is 31.6 Å². The van der Waals surface area contributed by atoms with E-state index in [9.17, 15) is 9.59 Å². The number of carbonyl (C=O) groups excluding carboxylic acids is 1. The predicted octanol–water partition coefficient (Wildman–Crippen LogP) is 5.40. The van der Waals surface area contributed by atoms with Crippen molar-refractivity contribution in [1.82, 2.24) is 0 Å². The summed E-state index contributed by atoms with van der Waals surface area (Å²) < 4.78 is 21.8. The summed E-state index contributed by atoms with van der Waals surface area (Å²) in [5.41, 5.74) is 0.695. The van der Waals surface area contributed by atoms with E-state index in [0.29, 0.717) is 21.9 Å². The Morgan fingerprint density at radius 3 is 2.45 bits per heavy atom. The number of methoxy groups -OCH3 is 1. The van der Waals surface area contributed by atoms with Gasteiger partial charge in [-0.2, -0.15) is 0 Å². The molecule has 1 heterocycles. The largest absolute Gasteiger partial charge is 0.493 e. The fraction of sp³-hybridized carbons (Fsp3) is 0.0833. The van der Waals surface area contributed by atoms with Gasteiger partial charge in [0, 0.05) is 11.1 Å². The molecule has 0 saturated heterocycles. The number of hydrogen-bond acceptors (Lipinski definition) is 6. The summed E-state index contributed by atoms with van der Waals surface area (Å²) in [4.78, 5) is 25.0. The van der Waals surface area contributed by atoms with Crippen molar-refractivity contribution in [1.29, 1.82) is 0 Å². The minimum atomic E-state index is -0.444. The molecule has 0 atom stereocenters. The molecular weight excluding hydrogens is 420 g/mol. The third kappa shape index (κ3) is 4.70. The maximum absolute atomic E-state index is 12.8. The van der Waals surface area contributed by atoms with Gasteiger partial charge in [-0.15, -0.1) is 0 Å². The lowest BCUT2D eigenvalue weighted by Crippen LogP contribution is -2.11. The highest BCUT2D eigenvalue weighted by Crippen LogP contribution is 2.30. The van der Waals surface area contributed by atoms with Crippen LogP contribution >= 0.6 is 11.6 Å². The molecule has 0 saturated carbocycles. The summed E-state index contributed by atoms with van der Waals surface area (Å²) in [6.45, 7) is 0. The van der Waals surface area contributed by atoms with Crippen LogP contribution in [0.1, 0.15) is 5.56 Å². The quantitative estimate of drug-likeness (QED) is 0.298.